The lowest BCUT2D eigenvalue weighted by Gasteiger charge is -2.34. The maximum atomic E-state index is 9.56. The van der Waals surface area contributed by atoms with E-state index in [9.17, 15) is 5.11 Å². The summed E-state index contributed by atoms with van der Waals surface area (Å²) in [5.41, 5.74) is 0. The fraction of sp³-hybridized carbons (Fsp3) is 0.667. The molecule has 1 aliphatic rings. The van der Waals surface area contributed by atoms with Gasteiger partial charge in [0.2, 0.25) is 0 Å². The van der Waals surface area contributed by atoms with E-state index in [2.05, 4.69) is 20.2 Å². The number of hydrogen-bond donors (Lipinski definition) is 2. The summed E-state index contributed by atoms with van der Waals surface area (Å²) in [7, 11) is 1.85. The Morgan fingerprint density at radius 1 is 1.41 bits per heavy atom. The quantitative estimate of drug-likeness (QED) is 0.823. The molecule has 0 aromatic carbocycles. The van der Waals surface area contributed by atoms with Crippen LogP contribution in [0, 0.1) is 5.92 Å². The van der Waals surface area contributed by atoms with Gasteiger partial charge in [0.05, 0.1) is 6.10 Å². The standard InChI is InChI=1S/C12H20N4O/c1-9(17)10-3-5-16(6-4-10)12-7-11(13-2)14-8-15-12/h7-10,17H,3-6H2,1-2H3,(H,13,14,15). The highest BCUT2D eigenvalue weighted by Crippen LogP contribution is 2.24. The van der Waals surface area contributed by atoms with Crippen LogP contribution in [0.15, 0.2) is 12.4 Å². The third-order valence-electron chi connectivity index (χ3n) is 3.45. The van der Waals surface area contributed by atoms with Crippen LogP contribution in [0.5, 0.6) is 0 Å². The number of aromatic nitrogens is 2. The fourth-order valence-electron chi connectivity index (χ4n) is 2.27. The molecule has 1 fully saturated rings. The average Bonchev–Trinajstić information content (AvgIpc) is 2.39. The van der Waals surface area contributed by atoms with Crippen molar-refractivity contribution in [2.75, 3.05) is 30.4 Å². The van der Waals surface area contributed by atoms with Crippen LogP contribution in [0.3, 0.4) is 0 Å². The summed E-state index contributed by atoms with van der Waals surface area (Å²) in [5, 5.41) is 12.6. The number of aliphatic hydroxyl groups is 1. The third kappa shape index (κ3) is 2.85. The van der Waals surface area contributed by atoms with Crippen LogP contribution in [-0.4, -0.2) is 41.3 Å². The number of aliphatic hydroxyl groups excluding tert-OH is 1. The van der Waals surface area contributed by atoms with Gasteiger partial charge >= 0.3 is 0 Å². The molecule has 0 aliphatic carbocycles. The molecule has 5 heteroatoms. The molecule has 1 aliphatic heterocycles. The Bertz CT molecular complexity index is 361. The first-order valence-electron chi connectivity index (χ1n) is 6.13. The molecule has 1 aromatic rings. The maximum Gasteiger partial charge on any atom is 0.134 e. The van der Waals surface area contributed by atoms with Gasteiger partial charge in [0.15, 0.2) is 0 Å². The Kier molecular flexibility index (Phi) is 3.78. The lowest BCUT2D eigenvalue weighted by molar-refractivity contribution is 0.110. The zero-order valence-corrected chi connectivity index (χ0v) is 10.4. The van der Waals surface area contributed by atoms with Crippen LogP contribution in [0.2, 0.25) is 0 Å². The van der Waals surface area contributed by atoms with E-state index in [1.54, 1.807) is 6.33 Å². The lowest BCUT2D eigenvalue weighted by Crippen LogP contribution is -2.37. The van der Waals surface area contributed by atoms with Crippen molar-refractivity contribution in [2.24, 2.45) is 5.92 Å². The molecular weight excluding hydrogens is 216 g/mol. The Balaban J connectivity index is 2.00. The van der Waals surface area contributed by atoms with Crippen molar-refractivity contribution in [3.8, 4) is 0 Å². The second kappa shape index (κ2) is 5.31. The van der Waals surface area contributed by atoms with Gasteiger partial charge in [0.25, 0.3) is 0 Å². The van der Waals surface area contributed by atoms with Crippen LogP contribution < -0.4 is 10.2 Å². The molecule has 5 nitrogen and oxygen atoms in total. The number of nitrogens with zero attached hydrogens (tertiary/aromatic N) is 3. The van der Waals surface area contributed by atoms with E-state index in [0.29, 0.717) is 5.92 Å². The number of rotatable bonds is 3. The Labute approximate surface area is 102 Å². The first kappa shape index (κ1) is 12.1. The molecule has 94 valence electrons. The van der Waals surface area contributed by atoms with E-state index < -0.39 is 0 Å². The second-order valence-corrected chi connectivity index (χ2v) is 4.58. The summed E-state index contributed by atoms with van der Waals surface area (Å²) in [6.07, 6.45) is 3.44. The van der Waals surface area contributed by atoms with Crippen LogP contribution >= 0.6 is 0 Å². The molecule has 2 heterocycles. The summed E-state index contributed by atoms with van der Waals surface area (Å²) in [5.74, 6) is 2.23. The van der Waals surface area contributed by atoms with Crippen molar-refractivity contribution in [2.45, 2.75) is 25.9 Å². The molecule has 0 radical (unpaired) electrons. The third-order valence-corrected chi connectivity index (χ3v) is 3.45. The minimum absolute atomic E-state index is 0.199. The Morgan fingerprint density at radius 2 is 2.12 bits per heavy atom. The van der Waals surface area contributed by atoms with Crippen LogP contribution in [0.25, 0.3) is 0 Å². The summed E-state index contributed by atoms with van der Waals surface area (Å²) in [6, 6.07) is 1.96. The zero-order valence-electron chi connectivity index (χ0n) is 10.4. The number of anilines is 2. The molecule has 0 amide bonds. The van der Waals surface area contributed by atoms with Gasteiger partial charge in [0.1, 0.15) is 18.0 Å². The predicted molar refractivity (Wildman–Crippen MR) is 68.2 cm³/mol. The monoisotopic (exact) mass is 236 g/mol. The van der Waals surface area contributed by atoms with Gasteiger partial charge in [-0.1, -0.05) is 0 Å². The SMILES string of the molecule is CNc1cc(N2CCC(C(C)O)CC2)ncn1. The molecule has 1 aromatic heterocycles. The highest BCUT2D eigenvalue weighted by molar-refractivity contribution is 5.48. The molecule has 1 unspecified atom stereocenters. The highest BCUT2D eigenvalue weighted by Gasteiger charge is 2.23. The van der Waals surface area contributed by atoms with E-state index in [1.807, 2.05) is 20.0 Å². The van der Waals surface area contributed by atoms with Crippen molar-refractivity contribution in [1.29, 1.82) is 0 Å². The van der Waals surface area contributed by atoms with Crippen molar-refractivity contribution >= 4 is 11.6 Å². The fourth-order valence-corrected chi connectivity index (χ4v) is 2.27. The number of piperidine rings is 1. The average molecular weight is 236 g/mol. The van der Waals surface area contributed by atoms with Gasteiger partial charge in [-0.2, -0.15) is 0 Å². The normalized spacial score (nSPS) is 19.1. The number of hydrogen-bond acceptors (Lipinski definition) is 5. The summed E-state index contributed by atoms with van der Waals surface area (Å²) >= 11 is 0. The van der Waals surface area contributed by atoms with E-state index in [4.69, 9.17) is 0 Å². The van der Waals surface area contributed by atoms with Gasteiger partial charge in [-0.15, -0.1) is 0 Å². The molecule has 0 spiro atoms. The minimum Gasteiger partial charge on any atom is -0.393 e. The molecular formula is C12H20N4O. The molecule has 1 saturated heterocycles. The summed E-state index contributed by atoms with van der Waals surface area (Å²) < 4.78 is 0. The smallest absolute Gasteiger partial charge is 0.134 e. The van der Waals surface area contributed by atoms with E-state index in [-0.39, 0.29) is 6.10 Å². The first-order chi connectivity index (χ1) is 8.20. The van der Waals surface area contributed by atoms with Gasteiger partial charge < -0.3 is 15.3 Å². The van der Waals surface area contributed by atoms with Crippen LogP contribution in [0.1, 0.15) is 19.8 Å². The van der Waals surface area contributed by atoms with Gasteiger partial charge in [0, 0.05) is 26.2 Å². The van der Waals surface area contributed by atoms with E-state index >= 15 is 0 Å². The van der Waals surface area contributed by atoms with Crippen molar-refractivity contribution in [3.63, 3.8) is 0 Å². The zero-order chi connectivity index (χ0) is 12.3. The van der Waals surface area contributed by atoms with E-state index in [0.717, 1.165) is 37.6 Å². The number of nitrogens with one attached hydrogen (secondary N) is 1. The summed E-state index contributed by atoms with van der Waals surface area (Å²) in [4.78, 5) is 10.7. The van der Waals surface area contributed by atoms with Gasteiger partial charge in [-0.05, 0) is 25.7 Å². The Morgan fingerprint density at radius 3 is 2.71 bits per heavy atom. The van der Waals surface area contributed by atoms with Crippen LogP contribution in [0.4, 0.5) is 11.6 Å². The van der Waals surface area contributed by atoms with Crippen molar-refractivity contribution in [3.05, 3.63) is 12.4 Å². The molecule has 0 saturated carbocycles. The second-order valence-electron chi connectivity index (χ2n) is 4.58. The van der Waals surface area contributed by atoms with Crippen LogP contribution in [-0.2, 0) is 0 Å². The molecule has 1 atom stereocenters. The van der Waals surface area contributed by atoms with Gasteiger partial charge in [-0.3, -0.25) is 0 Å². The summed E-state index contributed by atoms with van der Waals surface area (Å²) in [6.45, 7) is 3.79. The maximum absolute atomic E-state index is 9.56. The van der Waals surface area contributed by atoms with Crippen molar-refractivity contribution < 1.29 is 5.11 Å². The lowest BCUT2D eigenvalue weighted by atomic mass is 9.92. The van der Waals surface area contributed by atoms with Gasteiger partial charge in [-0.25, -0.2) is 9.97 Å². The predicted octanol–water partition coefficient (Wildman–Crippen LogP) is 1.12. The molecule has 2 N–H and O–H groups in total. The topological polar surface area (TPSA) is 61.3 Å². The van der Waals surface area contributed by atoms with E-state index in [1.165, 1.54) is 0 Å². The molecule has 0 bridgehead atoms. The van der Waals surface area contributed by atoms with Crippen molar-refractivity contribution in [1.82, 2.24) is 9.97 Å². The highest BCUT2D eigenvalue weighted by atomic mass is 16.3. The Hall–Kier alpha value is -1.36. The largest absolute Gasteiger partial charge is 0.393 e. The minimum atomic E-state index is -0.199. The molecule has 17 heavy (non-hydrogen) atoms. The first-order valence-corrected chi connectivity index (χ1v) is 6.13. The molecule has 2 rings (SSSR count).